The first kappa shape index (κ1) is 32.4. The lowest BCUT2D eigenvalue weighted by Gasteiger charge is -2.30. The van der Waals surface area contributed by atoms with Crippen molar-refractivity contribution in [2.45, 2.75) is 44.9 Å². The number of carbonyl (C=O) groups excluding carboxylic acids is 3. The summed E-state index contributed by atoms with van der Waals surface area (Å²) < 4.78 is 85.1. The fraction of sp³-hybridized carbons (Fsp3) is 0.481. The molecule has 0 atom stereocenters. The standard InChI is InChI=1S/C27H29F6N5O4S/c1-25(2)22(39)38(24(41)37(25)17-18-6-8-34-9-7-18)19-4-5-21(42-27(31,32)33)20(16-19)36(23(40)26(28,29)30)11-3-10-35-12-14-43-15-13-35/h4-9,16H,3,10-15,17H2,1-2H3. The van der Waals surface area contributed by atoms with E-state index in [9.17, 15) is 40.7 Å². The lowest BCUT2D eigenvalue weighted by Crippen LogP contribution is -2.44. The van der Waals surface area contributed by atoms with Crippen molar-refractivity contribution in [3.8, 4) is 5.75 Å². The first-order valence-electron chi connectivity index (χ1n) is 13.2. The first-order valence-corrected chi connectivity index (χ1v) is 14.4. The molecule has 16 heteroatoms. The zero-order valence-corrected chi connectivity index (χ0v) is 24.1. The molecule has 1 aromatic carbocycles. The number of carbonyl (C=O) groups is 3. The summed E-state index contributed by atoms with van der Waals surface area (Å²) in [7, 11) is 0. The Morgan fingerprint density at radius 2 is 1.70 bits per heavy atom. The van der Waals surface area contributed by atoms with Gasteiger partial charge in [0.2, 0.25) is 0 Å². The van der Waals surface area contributed by atoms with E-state index in [0.717, 1.165) is 23.6 Å². The van der Waals surface area contributed by atoms with Crippen LogP contribution in [0.15, 0.2) is 42.7 Å². The molecule has 2 fully saturated rings. The number of imide groups is 1. The second kappa shape index (κ2) is 12.6. The zero-order valence-electron chi connectivity index (χ0n) is 23.2. The summed E-state index contributed by atoms with van der Waals surface area (Å²) in [5.74, 6) is -2.62. The Balaban J connectivity index is 1.72. The van der Waals surface area contributed by atoms with Crippen LogP contribution in [0.5, 0.6) is 5.75 Å². The van der Waals surface area contributed by atoms with Gasteiger partial charge in [0, 0.05) is 50.1 Å². The third-order valence-electron chi connectivity index (χ3n) is 7.08. The molecule has 0 saturated carbocycles. The molecule has 0 bridgehead atoms. The van der Waals surface area contributed by atoms with Gasteiger partial charge in [-0.1, -0.05) is 0 Å². The van der Waals surface area contributed by atoms with Gasteiger partial charge in [-0.15, -0.1) is 13.2 Å². The van der Waals surface area contributed by atoms with Gasteiger partial charge in [0.25, 0.3) is 5.91 Å². The van der Waals surface area contributed by atoms with Crippen LogP contribution < -0.4 is 14.5 Å². The number of ether oxygens (including phenoxy) is 1. The number of rotatable bonds is 9. The summed E-state index contributed by atoms with van der Waals surface area (Å²) in [6.45, 7) is 3.98. The second-order valence-corrected chi connectivity index (χ2v) is 11.6. The van der Waals surface area contributed by atoms with Gasteiger partial charge in [0.05, 0.1) is 11.4 Å². The van der Waals surface area contributed by atoms with Gasteiger partial charge in [-0.25, -0.2) is 9.69 Å². The Morgan fingerprint density at radius 3 is 2.30 bits per heavy atom. The fourth-order valence-electron chi connectivity index (χ4n) is 4.83. The quantitative estimate of drug-likeness (QED) is 0.282. The number of pyridine rings is 1. The molecule has 2 aromatic rings. The molecule has 0 unspecified atom stereocenters. The van der Waals surface area contributed by atoms with Crippen LogP contribution in [0.25, 0.3) is 0 Å². The Labute approximate surface area is 247 Å². The van der Waals surface area contributed by atoms with E-state index in [1.54, 1.807) is 23.9 Å². The maximum absolute atomic E-state index is 13.7. The minimum absolute atomic E-state index is 0.0104. The second-order valence-electron chi connectivity index (χ2n) is 10.4. The van der Waals surface area contributed by atoms with Crippen LogP contribution in [-0.2, 0) is 16.1 Å². The largest absolute Gasteiger partial charge is 0.573 e. The molecule has 1 aromatic heterocycles. The van der Waals surface area contributed by atoms with Crippen LogP contribution in [0.2, 0.25) is 0 Å². The minimum atomic E-state index is -5.43. The molecule has 0 N–H and O–H groups in total. The van der Waals surface area contributed by atoms with Crippen LogP contribution >= 0.6 is 11.8 Å². The van der Waals surface area contributed by atoms with Crippen molar-refractivity contribution >= 4 is 41.0 Å². The number of anilines is 2. The van der Waals surface area contributed by atoms with Crippen LogP contribution in [0.1, 0.15) is 25.8 Å². The lowest BCUT2D eigenvalue weighted by molar-refractivity contribution is -0.274. The highest BCUT2D eigenvalue weighted by Gasteiger charge is 2.52. The topological polar surface area (TPSA) is 86.3 Å². The van der Waals surface area contributed by atoms with Crippen molar-refractivity contribution in [3.63, 3.8) is 0 Å². The van der Waals surface area contributed by atoms with Crippen molar-refractivity contribution in [3.05, 3.63) is 48.3 Å². The average Bonchev–Trinajstić information content (AvgIpc) is 3.10. The molecule has 2 aliphatic rings. The van der Waals surface area contributed by atoms with Gasteiger partial charge >= 0.3 is 24.5 Å². The van der Waals surface area contributed by atoms with E-state index in [1.807, 2.05) is 4.90 Å². The highest BCUT2D eigenvalue weighted by atomic mass is 32.2. The SMILES string of the molecule is CC1(C)C(=O)N(c2ccc(OC(F)(F)F)c(N(CCCN3CCSCC3)C(=O)C(F)(F)F)c2)C(=O)N1Cc1ccncc1. The van der Waals surface area contributed by atoms with Crippen molar-refractivity contribution in [2.75, 3.05) is 47.5 Å². The van der Waals surface area contributed by atoms with Crippen LogP contribution in [0.3, 0.4) is 0 Å². The van der Waals surface area contributed by atoms with Crippen molar-refractivity contribution in [1.82, 2.24) is 14.8 Å². The number of amides is 4. The molecule has 2 aliphatic heterocycles. The molecule has 3 heterocycles. The van der Waals surface area contributed by atoms with Gasteiger partial charge in [0.1, 0.15) is 5.54 Å². The van der Waals surface area contributed by atoms with E-state index in [1.165, 1.54) is 31.1 Å². The highest BCUT2D eigenvalue weighted by molar-refractivity contribution is 7.99. The van der Waals surface area contributed by atoms with E-state index in [4.69, 9.17) is 0 Å². The number of thioether (sulfide) groups is 1. The predicted molar refractivity (Wildman–Crippen MR) is 147 cm³/mol. The summed E-state index contributed by atoms with van der Waals surface area (Å²) in [5.41, 5.74) is -1.99. The van der Waals surface area contributed by atoms with Crippen molar-refractivity contribution in [1.29, 1.82) is 0 Å². The van der Waals surface area contributed by atoms with Crippen molar-refractivity contribution in [2.24, 2.45) is 0 Å². The number of urea groups is 1. The van der Waals surface area contributed by atoms with Crippen LogP contribution in [0, 0.1) is 0 Å². The van der Waals surface area contributed by atoms with Crippen LogP contribution in [0.4, 0.5) is 42.5 Å². The normalized spacial score (nSPS) is 17.9. The van der Waals surface area contributed by atoms with E-state index in [-0.39, 0.29) is 23.6 Å². The molecule has 0 aliphatic carbocycles. The van der Waals surface area contributed by atoms with Gasteiger partial charge in [-0.05, 0) is 62.7 Å². The Morgan fingerprint density at radius 1 is 1.05 bits per heavy atom. The minimum Gasteiger partial charge on any atom is -0.404 e. The predicted octanol–water partition coefficient (Wildman–Crippen LogP) is 5.06. The lowest BCUT2D eigenvalue weighted by atomic mass is 10.0. The maximum Gasteiger partial charge on any atom is 0.573 e. The Bertz CT molecular complexity index is 1340. The highest BCUT2D eigenvalue weighted by Crippen LogP contribution is 2.41. The number of hydrogen-bond acceptors (Lipinski definition) is 7. The van der Waals surface area contributed by atoms with Crippen molar-refractivity contribution < 1.29 is 45.5 Å². The first-order chi connectivity index (χ1) is 20.1. The molecular weight excluding hydrogens is 604 g/mol. The summed E-state index contributed by atoms with van der Waals surface area (Å²) in [5, 5.41) is 0. The smallest absolute Gasteiger partial charge is 0.404 e. The van der Waals surface area contributed by atoms with Gasteiger partial charge < -0.3 is 19.4 Å². The molecule has 9 nitrogen and oxygen atoms in total. The number of nitrogens with zero attached hydrogens (tertiary/aromatic N) is 5. The molecule has 4 rings (SSSR count). The monoisotopic (exact) mass is 633 g/mol. The molecule has 0 radical (unpaired) electrons. The number of hydrogen-bond donors (Lipinski definition) is 0. The summed E-state index contributed by atoms with van der Waals surface area (Å²) >= 11 is 1.72. The third kappa shape index (κ3) is 7.52. The molecule has 4 amide bonds. The number of alkyl halides is 6. The maximum atomic E-state index is 13.7. The Hall–Kier alpha value is -3.53. The van der Waals surface area contributed by atoms with E-state index in [2.05, 4.69) is 9.72 Å². The van der Waals surface area contributed by atoms with Gasteiger partial charge in [-0.3, -0.25) is 14.6 Å². The molecule has 0 spiro atoms. The molecule has 43 heavy (non-hydrogen) atoms. The molecular formula is C27H29F6N5O4S. The molecule has 2 saturated heterocycles. The number of aromatic nitrogens is 1. The average molecular weight is 634 g/mol. The summed E-state index contributed by atoms with van der Waals surface area (Å²) in [4.78, 5) is 47.5. The van der Waals surface area contributed by atoms with E-state index >= 15 is 0 Å². The number of benzene rings is 1. The third-order valence-corrected chi connectivity index (χ3v) is 8.02. The zero-order chi connectivity index (χ0) is 31.6. The fourth-order valence-corrected chi connectivity index (χ4v) is 5.81. The summed E-state index contributed by atoms with van der Waals surface area (Å²) in [6, 6.07) is 4.81. The number of halogens is 6. The van der Waals surface area contributed by atoms with E-state index < -0.39 is 53.9 Å². The molecule has 234 valence electrons. The van der Waals surface area contributed by atoms with E-state index in [0.29, 0.717) is 36.2 Å². The van der Waals surface area contributed by atoms with Gasteiger partial charge in [0.15, 0.2) is 5.75 Å². The summed E-state index contributed by atoms with van der Waals surface area (Å²) in [6.07, 6.45) is -7.75. The Kier molecular flexibility index (Phi) is 9.49. The van der Waals surface area contributed by atoms with Crippen LogP contribution in [-0.4, -0.2) is 88.4 Å². The van der Waals surface area contributed by atoms with Gasteiger partial charge in [-0.2, -0.15) is 24.9 Å².